The van der Waals surface area contributed by atoms with Crippen molar-refractivity contribution in [2.24, 2.45) is 0 Å². The molecule has 1 aliphatic heterocycles. The average molecular weight is 301 g/mol. The normalized spacial score (nSPS) is 18.8. The van der Waals surface area contributed by atoms with Crippen LogP contribution in [0.25, 0.3) is 5.65 Å². The lowest BCUT2D eigenvalue weighted by atomic mass is 9.94. The molecule has 0 N–H and O–H groups in total. The molecule has 1 atom stereocenters. The molecule has 0 unspecified atom stereocenters. The minimum Gasteiger partial charge on any atom is -0.384 e. The third kappa shape index (κ3) is 2.99. The van der Waals surface area contributed by atoms with Gasteiger partial charge in [0.1, 0.15) is 5.65 Å². The van der Waals surface area contributed by atoms with Gasteiger partial charge >= 0.3 is 0 Å². The summed E-state index contributed by atoms with van der Waals surface area (Å²) >= 11 is 0. The van der Waals surface area contributed by atoms with Crippen molar-refractivity contribution in [1.29, 1.82) is 0 Å². The fourth-order valence-corrected chi connectivity index (χ4v) is 3.28. The van der Waals surface area contributed by atoms with E-state index in [1.54, 1.807) is 7.11 Å². The lowest BCUT2D eigenvalue weighted by Gasteiger charge is -2.33. The predicted octanol–water partition coefficient (Wildman–Crippen LogP) is 2.39. The highest BCUT2D eigenvalue weighted by atomic mass is 16.5. The van der Waals surface area contributed by atoms with E-state index in [9.17, 15) is 4.79 Å². The Kier molecular flexibility index (Phi) is 4.43. The van der Waals surface area contributed by atoms with Gasteiger partial charge in [-0.2, -0.15) is 0 Å². The number of aryl methyl sites for hydroxylation is 1. The van der Waals surface area contributed by atoms with Gasteiger partial charge in [0.25, 0.3) is 0 Å². The summed E-state index contributed by atoms with van der Waals surface area (Å²) in [6, 6.07) is 6.24. The van der Waals surface area contributed by atoms with Crippen molar-refractivity contribution in [2.45, 2.75) is 32.1 Å². The van der Waals surface area contributed by atoms with Crippen molar-refractivity contribution in [3.05, 3.63) is 35.8 Å². The number of pyridine rings is 1. The second kappa shape index (κ2) is 6.48. The molecule has 5 nitrogen and oxygen atoms in total. The van der Waals surface area contributed by atoms with E-state index in [1.165, 1.54) is 5.69 Å². The maximum absolute atomic E-state index is 12.2. The molecule has 1 amide bonds. The summed E-state index contributed by atoms with van der Waals surface area (Å²) in [6.07, 6.45) is 4.71. The van der Waals surface area contributed by atoms with Crippen molar-refractivity contribution < 1.29 is 9.53 Å². The van der Waals surface area contributed by atoms with Gasteiger partial charge in [-0.15, -0.1) is 0 Å². The molecular formula is C17H23N3O2. The van der Waals surface area contributed by atoms with E-state index in [0.29, 0.717) is 18.9 Å². The molecule has 0 aliphatic carbocycles. The first-order valence-corrected chi connectivity index (χ1v) is 7.90. The van der Waals surface area contributed by atoms with Gasteiger partial charge < -0.3 is 14.0 Å². The summed E-state index contributed by atoms with van der Waals surface area (Å²) in [6.45, 7) is 4.16. The van der Waals surface area contributed by atoms with Gasteiger partial charge in [0.05, 0.1) is 18.7 Å². The molecule has 0 radical (unpaired) electrons. The van der Waals surface area contributed by atoms with Crippen LogP contribution in [0.1, 0.15) is 36.6 Å². The van der Waals surface area contributed by atoms with Gasteiger partial charge in [0.15, 0.2) is 0 Å². The van der Waals surface area contributed by atoms with Crippen molar-refractivity contribution in [2.75, 3.05) is 26.8 Å². The van der Waals surface area contributed by atoms with Crippen LogP contribution in [0.3, 0.4) is 0 Å². The molecule has 22 heavy (non-hydrogen) atoms. The van der Waals surface area contributed by atoms with E-state index < -0.39 is 0 Å². The Labute approximate surface area is 130 Å². The summed E-state index contributed by atoms with van der Waals surface area (Å²) in [5.74, 6) is 0.568. The zero-order valence-corrected chi connectivity index (χ0v) is 13.3. The molecule has 2 aromatic heterocycles. The lowest BCUT2D eigenvalue weighted by molar-refractivity contribution is -0.133. The van der Waals surface area contributed by atoms with Crippen LogP contribution >= 0.6 is 0 Å². The molecule has 118 valence electrons. The van der Waals surface area contributed by atoms with Crippen LogP contribution in [-0.4, -0.2) is 47.0 Å². The average Bonchev–Trinajstić information content (AvgIpc) is 2.92. The van der Waals surface area contributed by atoms with Crippen LogP contribution in [0.5, 0.6) is 0 Å². The first-order valence-electron chi connectivity index (χ1n) is 7.90. The Morgan fingerprint density at radius 1 is 1.45 bits per heavy atom. The number of carbonyl (C=O) groups excluding carboxylic acids is 1. The van der Waals surface area contributed by atoms with Gasteiger partial charge in [0.2, 0.25) is 5.91 Å². The van der Waals surface area contributed by atoms with E-state index in [1.807, 2.05) is 17.9 Å². The number of ether oxygens (including phenoxy) is 1. The molecule has 3 heterocycles. The van der Waals surface area contributed by atoms with Crippen molar-refractivity contribution in [1.82, 2.24) is 14.3 Å². The molecule has 0 saturated carbocycles. The van der Waals surface area contributed by atoms with Gasteiger partial charge in [-0.05, 0) is 31.9 Å². The quantitative estimate of drug-likeness (QED) is 0.871. The largest absolute Gasteiger partial charge is 0.384 e. The van der Waals surface area contributed by atoms with Gasteiger partial charge in [0, 0.05) is 38.0 Å². The minimum atomic E-state index is 0.195. The number of piperidine rings is 1. The first kappa shape index (κ1) is 15.0. The number of fused-ring (bicyclic) bond motifs is 1. The second-order valence-corrected chi connectivity index (χ2v) is 5.98. The third-order valence-electron chi connectivity index (χ3n) is 4.36. The fourth-order valence-electron chi connectivity index (χ4n) is 3.28. The van der Waals surface area contributed by atoms with Crippen LogP contribution in [0.15, 0.2) is 24.4 Å². The molecule has 0 aromatic carbocycles. The molecule has 5 heteroatoms. The molecule has 2 aromatic rings. The van der Waals surface area contributed by atoms with Gasteiger partial charge in [-0.25, -0.2) is 4.98 Å². The number of aromatic nitrogens is 2. The Bertz CT molecular complexity index is 665. The minimum absolute atomic E-state index is 0.195. The van der Waals surface area contributed by atoms with Crippen LogP contribution < -0.4 is 0 Å². The highest BCUT2D eigenvalue weighted by molar-refractivity contribution is 5.76. The molecule has 0 spiro atoms. The van der Waals surface area contributed by atoms with Crippen LogP contribution in [0, 0.1) is 6.92 Å². The van der Waals surface area contributed by atoms with Crippen molar-refractivity contribution >= 4 is 11.6 Å². The second-order valence-electron chi connectivity index (χ2n) is 5.98. The van der Waals surface area contributed by atoms with Crippen molar-refractivity contribution in [3.8, 4) is 0 Å². The number of hydrogen-bond donors (Lipinski definition) is 0. The summed E-state index contributed by atoms with van der Waals surface area (Å²) in [5.41, 5.74) is 3.26. The van der Waals surface area contributed by atoms with E-state index in [4.69, 9.17) is 4.74 Å². The number of hydrogen-bond acceptors (Lipinski definition) is 3. The molecule has 1 aliphatic rings. The zero-order valence-electron chi connectivity index (χ0n) is 13.3. The Hall–Kier alpha value is -1.88. The Balaban J connectivity index is 1.80. The van der Waals surface area contributed by atoms with E-state index in [0.717, 1.165) is 37.3 Å². The smallest absolute Gasteiger partial charge is 0.224 e. The van der Waals surface area contributed by atoms with Crippen LogP contribution in [0.4, 0.5) is 0 Å². The highest BCUT2D eigenvalue weighted by Crippen LogP contribution is 2.28. The van der Waals surface area contributed by atoms with E-state index in [2.05, 4.69) is 27.7 Å². The molecule has 1 fully saturated rings. The van der Waals surface area contributed by atoms with Crippen LogP contribution in [0.2, 0.25) is 0 Å². The summed E-state index contributed by atoms with van der Waals surface area (Å²) in [7, 11) is 1.63. The van der Waals surface area contributed by atoms with Crippen LogP contribution in [-0.2, 0) is 9.53 Å². The summed E-state index contributed by atoms with van der Waals surface area (Å²) in [4.78, 5) is 18.7. The molecule has 0 bridgehead atoms. The highest BCUT2D eigenvalue weighted by Gasteiger charge is 2.25. The van der Waals surface area contributed by atoms with E-state index in [-0.39, 0.29) is 5.91 Å². The maximum atomic E-state index is 12.2. The Morgan fingerprint density at radius 3 is 3.14 bits per heavy atom. The summed E-state index contributed by atoms with van der Waals surface area (Å²) < 4.78 is 7.19. The topological polar surface area (TPSA) is 46.8 Å². The fraction of sp³-hybridized carbons (Fsp3) is 0.529. The SMILES string of the molecule is COCCC(=O)N1CCC[C@@H](c2cccc3nc(C)cn23)C1. The van der Waals surface area contributed by atoms with Gasteiger partial charge in [-0.1, -0.05) is 6.07 Å². The number of nitrogens with zero attached hydrogens (tertiary/aromatic N) is 3. The predicted molar refractivity (Wildman–Crippen MR) is 85.0 cm³/mol. The summed E-state index contributed by atoms with van der Waals surface area (Å²) in [5, 5.41) is 0. The van der Waals surface area contributed by atoms with Gasteiger partial charge in [-0.3, -0.25) is 4.79 Å². The number of likely N-dealkylation sites (tertiary alicyclic amines) is 1. The number of amides is 1. The number of carbonyl (C=O) groups is 1. The number of imidazole rings is 1. The standard InChI is InChI=1S/C17H23N3O2/c1-13-11-20-15(6-3-7-16(20)18-13)14-5-4-9-19(12-14)17(21)8-10-22-2/h3,6-7,11,14H,4-5,8-10,12H2,1-2H3/t14-/m1/s1. The Morgan fingerprint density at radius 2 is 2.32 bits per heavy atom. The molecule has 1 saturated heterocycles. The molecular weight excluding hydrogens is 278 g/mol. The van der Waals surface area contributed by atoms with E-state index >= 15 is 0 Å². The maximum Gasteiger partial charge on any atom is 0.224 e. The third-order valence-corrected chi connectivity index (χ3v) is 4.36. The van der Waals surface area contributed by atoms with Crippen molar-refractivity contribution in [3.63, 3.8) is 0 Å². The molecule has 3 rings (SSSR count). The number of rotatable bonds is 4. The lowest BCUT2D eigenvalue weighted by Crippen LogP contribution is -2.39. The monoisotopic (exact) mass is 301 g/mol. The zero-order chi connectivity index (χ0) is 15.5. The number of methoxy groups -OCH3 is 1. The first-order chi connectivity index (χ1) is 10.7.